The molecule has 0 unspecified atom stereocenters. The first-order valence-electron chi connectivity index (χ1n) is 6.64. The first-order valence-corrected chi connectivity index (χ1v) is 6.64. The second-order valence-corrected chi connectivity index (χ2v) is 5.44. The fourth-order valence-corrected chi connectivity index (χ4v) is 2.55. The highest BCUT2D eigenvalue weighted by molar-refractivity contribution is 5.94. The van der Waals surface area contributed by atoms with Crippen molar-refractivity contribution in [3.05, 3.63) is 33.7 Å². The summed E-state index contributed by atoms with van der Waals surface area (Å²) in [5.74, 6) is -0.181. The molecule has 1 aliphatic heterocycles. The Morgan fingerprint density at radius 2 is 2.10 bits per heavy atom. The van der Waals surface area contributed by atoms with Gasteiger partial charge in [0.15, 0.2) is 5.43 Å². The molecule has 0 radical (unpaired) electrons. The molecular formula is C14H22ClN3O2. The van der Waals surface area contributed by atoms with Crippen molar-refractivity contribution in [2.24, 2.45) is 12.8 Å². The van der Waals surface area contributed by atoms with Crippen molar-refractivity contribution in [3.63, 3.8) is 0 Å². The lowest BCUT2D eigenvalue weighted by Crippen LogP contribution is -2.49. The number of hydrogen-bond donors (Lipinski definition) is 1. The predicted molar refractivity (Wildman–Crippen MR) is 81.4 cm³/mol. The zero-order valence-electron chi connectivity index (χ0n) is 12.1. The molecule has 5 nitrogen and oxygen atoms in total. The van der Waals surface area contributed by atoms with Gasteiger partial charge in [0.05, 0.1) is 0 Å². The zero-order valence-corrected chi connectivity index (χ0v) is 12.9. The maximum Gasteiger partial charge on any atom is 0.259 e. The summed E-state index contributed by atoms with van der Waals surface area (Å²) in [6.45, 7) is 4.45. The fourth-order valence-electron chi connectivity index (χ4n) is 2.55. The number of pyridine rings is 1. The summed E-state index contributed by atoms with van der Waals surface area (Å²) < 4.78 is 1.80. The number of rotatable bonds is 1. The van der Waals surface area contributed by atoms with Crippen LogP contribution < -0.4 is 11.2 Å². The summed E-state index contributed by atoms with van der Waals surface area (Å²) in [4.78, 5) is 26.2. The Bertz CT molecular complexity index is 556. The molecule has 0 spiro atoms. The average molecular weight is 300 g/mol. The molecule has 0 bridgehead atoms. The van der Waals surface area contributed by atoms with Crippen LogP contribution in [0.1, 0.15) is 35.8 Å². The van der Waals surface area contributed by atoms with E-state index in [1.807, 2.05) is 20.9 Å². The van der Waals surface area contributed by atoms with Crippen LogP contribution in [0.4, 0.5) is 0 Å². The lowest BCUT2D eigenvalue weighted by Gasteiger charge is -2.36. The summed E-state index contributed by atoms with van der Waals surface area (Å²) >= 11 is 0. The lowest BCUT2D eigenvalue weighted by atomic mass is 9.98. The maximum absolute atomic E-state index is 12.5. The molecule has 1 aromatic heterocycles. The Labute approximate surface area is 125 Å². The van der Waals surface area contributed by atoms with Crippen molar-refractivity contribution in [2.45, 2.75) is 38.8 Å². The van der Waals surface area contributed by atoms with Gasteiger partial charge >= 0.3 is 0 Å². The van der Waals surface area contributed by atoms with Crippen molar-refractivity contribution in [2.75, 3.05) is 6.54 Å². The molecule has 0 aliphatic carbocycles. The smallest absolute Gasteiger partial charge is 0.259 e. The van der Waals surface area contributed by atoms with Crippen LogP contribution >= 0.6 is 12.4 Å². The van der Waals surface area contributed by atoms with Crippen molar-refractivity contribution < 1.29 is 4.79 Å². The van der Waals surface area contributed by atoms with Gasteiger partial charge in [-0.15, -0.1) is 12.4 Å². The number of halogens is 1. The van der Waals surface area contributed by atoms with Gasteiger partial charge in [-0.1, -0.05) is 0 Å². The number of nitrogens with zero attached hydrogens (tertiary/aromatic N) is 2. The number of hydrogen-bond acceptors (Lipinski definition) is 3. The molecule has 1 aromatic rings. The summed E-state index contributed by atoms with van der Waals surface area (Å²) in [7, 11) is 1.83. The van der Waals surface area contributed by atoms with Crippen molar-refractivity contribution in [1.29, 1.82) is 0 Å². The van der Waals surface area contributed by atoms with Crippen LogP contribution in [0.2, 0.25) is 0 Å². The van der Waals surface area contributed by atoms with Crippen molar-refractivity contribution in [1.82, 2.24) is 9.47 Å². The minimum atomic E-state index is -0.206. The Hall–Kier alpha value is -1.33. The van der Waals surface area contributed by atoms with Crippen LogP contribution in [0, 0.1) is 6.92 Å². The molecule has 1 fully saturated rings. The molecule has 0 aromatic carbocycles. The molecule has 2 N–H and O–H groups in total. The molecule has 1 saturated heterocycles. The monoisotopic (exact) mass is 299 g/mol. The first-order chi connectivity index (χ1) is 8.90. The molecule has 20 heavy (non-hydrogen) atoms. The van der Waals surface area contributed by atoms with E-state index in [9.17, 15) is 9.59 Å². The summed E-state index contributed by atoms with van der Waals surface area (Å²) in [6.07, 6.45) is 3.21. The predicted octanol–water partition coefficient (Wildman–Crippen LogP) is 1.07. The van der Waals surface area contributed by atoms with Crippen LogP contribution in [0.15, 0.2) is 17.1 Å². The van der Waals surface area contributed by atoms with Gasteiger partial charge in [-0.3, -0.25) is 9.59 Å². The van der Waals surface area contributed by atoms with E-state index < -0.39 is 0 Å². The van der Waals surface area contributed by atoms with Gasteiger partial charge in [0.1, 0.15) is 5.56 Å². The maximum atomic E-state index is 12.5. The standard InChI is InChI=1S/C14H21N3O2.ClH/c1-9-7-13(18)12(8-16(9)3)14(19)17-5-4-11(15)6-10(17)2;/h7-8,10-11H,4-6,15H2,1-3H3;1H/t10-,11+;/m1./s1. The first kappa shape index (κ1) is 16.7. The Balaban J connectivity index is 0.00000200. The van der Waals surface area contributed by atoms with Crippen molar-refractivity contribution in [3.8, 4) is 0 Å². The van der Waals surface area contributed by atoms with Gasteiger partial charge in [-0.2, -0.15) is 0 Å². The second kappa shape index (κ2) is 6.41. The van der Waals surface area contributed by atoms with Crippen LogP contribution in [0.25, 0.3) is 0 Å². The molecule has 1 amide bonds. The quantitative estimate of drug-likeness (QED) is 0.843. The number of amides is 1. The highest BCUT2D eigenvalue weighted by Gasteiger charge is 2.28. The van der Waals surface area contributed by atoms with E-state index in [1.165, 1.54) is 6.07 Å². The van der Waals surface area contributed by atoms with E-state index in [-0.39, 0.29) is 41.4 Å². The van der Waals surface area contributed by atoms with Gasteiger partial charge in [0.25, 0.3) is 5.91 Å². The third-order valence-corrected chi connectivity index (χ3v) is 3.89. The number of aromatic nitrogens is 1. The van der Waals surface area contributed by atoms with E-state index in [0.717, 1.165) is 18.5 Å². The van der Waals surface area contributed by atoms with Gasteiger partial charge < -0.3 is 15.2 Å². The number of carbonyl (C=O) groups excluding carboxylic acids is 1. The highest BCUT2D eigenvalue weighted by Crippen LogP contribution is 2.17. The van der Waals surface area contributed by atoms with Gasteiger partial charge in [-0.05, 0) is 26.7 Å². The Morgan fingerprint density at radius 3 is 2.70 bits per heavy atom. The SMILES string of the molecule is Cc1cc(=O)c(C(=O)N2CC[C@H](N)C[C@H]2C)cn1C.Cl. The number of aryl methyl sites for hydroxylation is 2. The van der Waals surface area contributed by atoms with E-state index in [1.54, 1.807) is 15.7 Å². The van der Waals surface area contributed by atoms with E-state index >= 15 is 0 Å². The summed E-state index contributed by atoms with van der Waals surface area (Å²) in [5, 5.41) is 0. The van der Waals surface area contributed by atoms with E-state index in [4.69, 9.17) is 5.73 Å². The van der Waals surface area contributed by atoms with E-state index in [2.05, 4.69) is 0 Å². The lowest BCUT2D eigenvalue weighted by molar-refractivity contribution is 0.0617. The summed E-state index contributed by atoms with van der Waals surface area (Å²) in [5.41, 5.74) is 6.78. The molecule has 112 valence electrons. The minimum absolute atomic E-state index is 0. The topological polar surface area (TPSA) is 68.3 Å². The Kier molecular flexibility index (Phi) is 5.36. The van der Waals surface area contributed by atoms with Gasteiger partial charge in [0, 0.05) is 43.6 Å². The molecule has 2 atom stereocenters. The van der Waals surface area contributed by atoms with Crippen LogP contribution in [0.3, 0.4) is 0 Å². The molecule has 2 rings (SSSR count). The second-order valence-electron chi connectivity index (χ2n) is 5.44. The van der Waals surface area contributed by atoms with Crippen molar-refractivity contribution >= 4 is 18.3 Å². The number of likely N-dealkylation sites (tertiary alicyclic amines) is 1. The molecule has 1 aliphatic rings. The van der Waals surface area contributed by atoms with Gasteiger partial charge in [-0.25, -0.2) is 0 Å². The zero-order chi connectivity index (χ0) is 14.2. The molecule has 2 heterocycles. The number of piperidine rings is 1. The van der Waals surface area contributed by atoms with Crippen LogP contribution in [-0.4, -0.2) is 34.0 Å². The number of nitrogens with two attached hydrogens (primary N) is 1. The molecule has 6 heteroatoms. The van der Waals surface area contributed by atoms with Gasteiger partial charge in [0.2, 0.25) is 0 Å². The Morgan fingerprint density at radius 1 is 1.45 bits per heavy atom. The normalized spacial score (nSPS) is 22.3. The fraction of sp³-hybridized carbons (Fsp3) is 0.571. The third kappa shape index (κ3) is 3.22. The van der Waals surface area contributed by atoms with Crippen LogP contribution in [-0.2, 0) is 7.05 Å². The number of carbonyl (C=O) groups is 1. The summed E-state index contributed by atoms with van der Waals surface area (Å²) in [6, 6.07) is 1.75. The largest absolute Gasteiger partial charge is 0.354 e. The highest BCUT2D eigenvalue weighted by atomic mass is 35.5. The minimum Gasteiger partial charge on any atom is -0.354 e. The molecular weight excluding hydrogens is 278 g/mol. The average Bonchev–Trinajstić information content (AvgIpc) is 2.33. The van der Waals surface area contributed by atoms with E-state index in [0.29, 0.717) is 6.54 Å². The third-order valence-electron chi connectivity index (χ3n) is 3.89. The van der Waals surface area contributed by atoms with Crippen LogP contribution in [0.5, 0.6) is 0 Å². The molecule has 0 saturated carbocycles.